The Kier molecular flexibility index (Phi) is 3.30. The molecule has 2 aromatic carbocycles. The highest BCUT2D eigenvalue weighted by atomic mass is 16.3. The highest BCUT2D eigenvalue weighted by Gasteiger charge is 2.24. The molecule has 0 spiro atoms. The first kappa shape index (κ1) is 12.5. The zero-order valence-corrected chi connectivity index (χ0v) is 11.0. The Hall–Kier alpha value is -2.48. The Morgan fingerprint density at radius 3 is 2.10 bits per heavy atom. The lowest BCUT2D eigenvalue weighted by Crippen LogP contribution is -2.09. The quantitative estimate of drug-likeness (QED) is 0.880. The number of phenolic OH excluding ortho intramolecular Hbond substituents is 2. The van der Waals surface area contributed by atoms with Crippen LogP contribution < -0.4 is 0 Å². The molecule has 1 aliphatic carbocycles. The van der Waals surface area contributed by atoms with Crippen LogP contribution in [0.25, 0.3) is 0 Å². The van der Waals surface area contributed by atoms with Crippen molar-refractivity contribution in [3.05, 3.63) is 84.0 Å². The number of hydrogen-bond donors (Lipinski definition) is 2. The second-order valence-electron chi connectivity index (χ2n) is 4.98. The van der Waals surface area contributed by atoms with Crippen molar-refractivity contribution in [3.8, 4) is 11.5 Å². The molecule has 0 aromatic heterocycles. The summed E-state index contributed by atoms with van der Waals surface area (Å²) in [6, 6.07) is 14.6. The van der Waals surface area contributed by atoms with Crippen molar-refractivity contribution in [2.24, 2.45) is 5.92 Å². The first-order chi connectivity index (χ1) is 9.75. The summed E-state index contributed by atoms with van der Waals surface area (Å²) in [4.78, 5) is 0. The molecule has 3 rings (SSSR count). The molecule has 0 heterocycles. The zero-order chi connectivity index (χ0) is 13.9. The Labute approximate surface area is 118 Å². The van der Waals surface area contributed by atoms with Gasteiger partial charge in [-0.05, 0) is 23.8 Å². The van der Waals surface area contributed by atoms with E-state index >= 15 is 0 Å². The lowest BCUT2D eigenvalue weighted by molar-refractivity contribution is 0.460. The minimum atomic E-state index is 0.0480. The number of rotatable bonds is 3. The molecule has 1 aliphatic rings. The Morgan fingerprint density at radius 2 is 1.45 bits per heavy atom. The van der Waals surface area contributed by atoms with Gasteiger partial charge < -0.3 is 10.2 Å². The van der Waals surface area contributed by atoms with E-state index in [-0.39, 0.29) is 17.6 Å². The van der Waals surface area contributed by atoms with Gasteiger partial charge in [0.2, 0.25) is 0 Å². The van der Waals surface area contributed by atoms with Crippen molar-refractivity contribution in [3.63, 3.8) is 0 Å². The highest BCUT2D eigenvalue weighted by molar-refractivity contribution is 5.45. The lowest BCUT2D eigenvalue weighted by Gasteiger charge is -2.23. The van der Waals surface area contributed by atoms with Crippen LogP contribution in [0.15, 0.2) is 72.8 Å². The monoisotopic (exact) mass is 264 g/mol. The van der Waals surface area contributed by atoms with Crippen LogP contribution in [0.3, 0.4) is 0 Å². The van der Waals surface area contributed by atoms with E-state index in [0.717, 1.165) is 11.1 Å². The first-order valence-corrected chi connectivity index (χ1v) is 6.67. The maximum atomic E-state index is 10.2. The Morgan fingerprint density at radius 1 is 0.800 bits per heavy atom. The van der Waals surface area contributed by atoms with Gasteiger partial charge in [0.15, 0.2) is 0 Å². The van der Waals surface area contributed by atoms with Crippen LogP contribution in [-0.4, -0.2) is 10.2 Å². The SMILES string of the molecule is Oc1ccc(C(c2ccccc2O)C2C=CC=C2)cc1. The largest absolute Gasteiger partial charge is 0.508 e. The molecule has 100 valence electrons. The van der Waals surface area contributed by atoms with Gasteiger partial charge in [-0.2, -0.15) is 0 Å². The number of phenols is 2. The lowest BCUT2D eigenvalue weighted by atomic mass is 9.81. The predicted molar refractivity (Wildman–Crippen MR) is 79.8 cm³/mol. The Bertz CT molecular complexity index is 641. The van der Waals surface area contributed by atoms with Crippen LogP contribution in [0.4, 0.5) is 0 Å². The van der Waals surface area contributed by atoms with E-state index in [1.807, 2.05) is 42.5 Å². The number of hydrogen-bond acceptors (Lipinski definition) is 2. The van der Waals surface area contributed by atoms with E-state index in [4.69, 9.17) is 0 Å². The second-order valence-corrected chi connectivity index (χ2v) is 4.98. The minimum absolute atomic E-state index is 0.0480. The summed E-state index contributed by atoms with van der Waals surface area (Å²) in [7, 11) is 0. The second kappa shape index (κ2) is 5.25. The van der Waals surface area contributed by atoms with Crippen LogP contribution in [0.2, 0.25) is 0 Å². The first-order valence-electron chi connectivity index (χ1n) is 6.67. The molecule has 2 nitrogen and oxygen atoms in total. The maximum Gasteiger partial charge on any atom is 0.119 e. The number of aromatic hydroxyl groups is 2. The van der Waals surface area contributed by atoms with Crippen LogP contribution >= 0.6 is 0 Å². The van der Waals surface area contributed by atoms with Crippen molar-refractivity contribution < 1.29 is 10.2 Å². The van der Waals surface area contributed by atoms with E-state index in [9.17, 15) is 10.2 Å². The molecule has 0 saturated carbocycles. The minimum Gasteiger partial charge on any atom is -0.508 e. The number of benzene rings is 2. The summed E-state index contributed by atoms with van der Waals surface area (Å²) >= 11 is 0. The highest BCUT2D eigenvalue weighted by Crippen LogP contribution is 2.39. The fraction of sp³-hybridized carbons (Fsp3) is 0.111. The molecule has 0 radical (unpaired) electrons. The van der Waals surface area contributed by atoms with Gasteiger partial charge in [0.1, 0.15) is 11.5 Å². The molecule has 0 fully saturated rings. The fourth-order valence-corrected chi connectivity index (χ4v) is 2.71. The van der Waals surface area contributed by atoms with Crippen molar-refractivity contribution in [1.29, 1.82) is 0 Å². The van der Waals surface area contributed by atoms with Gasteiger partial charge in [-0.25, -0.2) is 0 Å². The van der Waals surface area contributed by atoms with E-state index in [1.165, 1.54) is 0 Å². The average molecular weight is 264 g/mol. The summed E-state index contributed by atoms with van der Waals surface area (Å²) in [5.74, 6) is 0.821. The Balaban J connectivity index is 2.09. The van der Waals surface area contributed by atoms with Gasteiger partial charge in [0.05, 0.1) is 0 Å². The fourth-order valence-electron chi connectivity index (χ4n) is 2.71. The molecular weight excluding hydrogens is 248 g/mol. The van der Waals surface area contributed by atoms with Gasteiger partial charge in [-0.1, -0.05) is 54.6 Å². The molecule has 0 saturated heterocycles. The van der Waals surface area contributed by atoms with Gasteiger partial charge in [0.25, 0.3) is 0 Å². The van der Waals surface area contributed by atoms with Gasteiger partial charge in [-0.15, -0.1) is 0 Å². The van der Waals surface area contributed by atoms with Crippen molar-refractivity contribution >= 4 is 0 Å². The van der Waals surface area contributed by atoms with Crippen molar-refractivity contribution in [2.45, 2.75) is 5.92 Å². The molecular formula is C18H16O2. The third-order valence-corrected chi connectivity index (χ3v) is 3.69. The standard InChI is InChI=1S/C18H16O2/c19-15-11-9-14(10-12-15)18(13-5-1-2-6-13)16-7-3-4-8-17(16)20/h1-13,18-20H. The zero-order valence-electron chi connectivity index (χ0n) is 11.0. The molecule has 0 amide bonds. The summed E-state index contributed by atoms with van der Waals surface area (Å²) in [5, 5.41) is 19.6. The molecule has 1 atom stereocenters. The molecule has 20 heavy (non-hydrogen) atoms. The third-order valence-electron chi connectivity index (χ3n) is 3.69. The summed E-state index contributed by atoms with van der Waals surface area (Å²) in [5.41, 5.74) is 1.98. The summed E-state index contributed by atoms with van der Waals surface area (Å²) in [6.07, 6.45) is 8.31. The van der Waals surface area contributed by atoms with Crippen LogP contribution in [0.5, 0.6) is 11.5 Å². The molecule has 2 heteroatoms. The molecule has 2 N–H and O–H groups in total. The number of allylic oxidation sites excluding steroid dienone is 4. The van der Waals surface area contributed by atoms with Crippen LogP contribution in [0.1, 0.15) is 17.0 Å². The van der Waals surface area contributed by atoms with Gasteiger partial charge in [-0.3, -0.25) is 0 Å². The summed E-state index contributed by atoms with van der Waals surface area (Å²) in [6.45, 7) is 0. The van der Waals surface area contributed by atoms with Crippen molar-refractivity contribution in [2.75, 3.05) is 0 Å². The molecule has 0 bridgehead atoms. The maximum absolute atomic E-state index is 10.2. The number of para-hydroxylation sites is 1. The van der Waals surface area contributed by atoms with E-state index < -0.39 is 0 Å². The predicted octanol–water partition coefficient (Wildman–Crippen LogP) is 3.97. The molecule has 2 aromatic rings. The third kappa shape index (κ3) is 2.32. The van der Waals surface area contributed by atoms with Crippen LogP contribution in [0, 0.1) is 5.92 Å². The van der Waals surface area contributed by atoms with Gasteiger partial charge >= 0.3 is 0 Å². The topological polar surface area (TPSA) is 40.5 Å². The van der Waals surface area contributed by atoms with Crippen molar-refractivity contribution in [1.82, 2.24) is 0 Å². The smallest absolute Gasteiger partial charge is 0.119 e. The van der Waals surface area contributed by atoms with Gasteiger partial charge in [0, 0.05) is 17.4 Å². The normalized spacial score (nSPS) is 15.6. The molecule has 1 unspecified atom stereocenters. The van der Waals surface area contributed by atoms with E-state index in [2.05, 4.69) is 12.2 Å². The summed E-state index contributed by atoms with van der Waals surface area (Å²) < 4.78 is 0. The average Bonchev–Trinajstić information content (AvgIpc) is 2.97. The van der Waals surface area contributed by atoms with Crippen LogP contribution in [-0.2, 0) is 0 Å². The van der Waals surface area contributed by atoms with E-state index in [1.54, 1.807) is 18.2 Å². The van der Waals surface area contributed by atoms with E-state index in [0.29, 0.717) is 5.75 Å². The molecule has 0 aliphatic heterocycles.